The van der Waals surface area contributed by atoms with E-state index in [0.29, 0.717) is 37.0 Å². The van der Waals surface area contributed by atoms with Crippen LogP contribution < -0.4 is 4.90 Å². The molecule has 3 aromatic rings. The fourth-order valence-electron chi connectivity index (χ4n) is 5.42. The van der Waals surface area contributed by atoms with Gasteiger partial charge in [-0.15, -0.1) is 0 Å². The molecule has 41 heavy (non-hydrogen) atoms. The molecule has 0 N–H and O–H groups in total. The van der Waals surface area contributed by atoms with Crippen molar-refractivity contribution >= 4 is 23.1 Å². The molecule has 2 aliphatic rings. The highest BCUT2D eigenvalue weighted by Gasteiger charge is 2.38. The molecule has 214 valence electrons. The molecule has 0 spiro atoms. The van der Waals surface area contributed by atoms with E-state index < -0.39 is 5.67 Å². The second kappa shape index (κ2) is 12.6. The number of aliphatic imine (C=N–C) groups is 1. The second-order valence-electron chi connectivity index (χ2n) is 10.8. The van der Waals surface area contributed by atoms with Crippen LogP contribution in [-0.2, 0) is 5.67 Å². The van der Waals surface area contributed by atoms with Crippen molar-refractivity contribution in [1.82, 2.24) is 9.88 Å². The van der Waals surface area contributed by atoms with Gasteiger partial charge in [-0.2, -0.15) is 5.26 Å². The van der Waals surface area contributed by atoms with Crippen LogP contribution in [0.5, 0.6) is 0 Å². The van der Waals surface area contributed by atoms with Crippen LogP contribution >= 0.6 is 0 Å². The van der Waals surface area contributed by atoms with Gasteiger partial charge in [-0.1, -0.05) is 18.2 Å². The van der Waals surface area contributed by atoms with Crippen molar-refractivity contribution in [2.75, 3.05) is 38.3 Å². The smallest absolute Gasteiger partial charge is 0.254 e. The maximum Gasteiger partial charge on any atom is 0.254 e. The van der Waals surface area contributed by atoms with E-state index in [1.807, 2.05) is 52.1 Å². The van der Waals surface area contributed by atoms with Gasteiger partial charge in [0.2, 0.25) is 0 Å². The Morgan fingerprint density at radius 1 is 0.951 bits per heavy atom. The highest BCUT2D eigenvalue weighted by molar-refractivity contribution is 6.05. The molecule has 2 aromatic carbocycles. The third-order valence-electron chi connectivity index (χ3n) is 8.09. The zero-order valence-corrected chi connectivity index (χ0v) is 24.5. The second-order valence-corrected chi connectivity index (χ2v) is 10.8. The molecule has 5 rings (SSSR count). The van der Waals surface area contributed by atoms with Crippen LogP contribution in [0.4, 0.5) is 20.3 Å². The Hall–Kier alpha value is -4.12. The number of aryl methyl sites for hydroxylation is 3. The Morgan fingerprint density at radius 2 is 1.59 bits per heavy atom. The number of benzene rings is 2. The first-order chi connectivity index (χ1) is 19.7. The number of aromatic nitrogens is 1. The lowest BCUT2D eigenvalue weighted by Gasteiger charge is -2.37. The number of hydrogen-bond acceptors (Lipinski definition) is 5. The zero-order chi connectivity index (χ0) is 29.7. The summed E-state index contributed by atoms with van der Waals surface area (Å²) in [5.74, 6) is 0.869. The Bertz CT molecular complexity index is 1480. The highest BCUT2D eigenvalue weighted by Crippen LogP contribution is 2.37. The molecule has 0 bridgehead atoms. The number of anilines is 1. The van der Waals surface area contributed by atoms with E-state index in [1.165, 1.54) is 6.42 Å². The topological polar surface area (TPSA) is 72.6 Å². The number of pyridine rings is 1. The number of piperidine rings is 1. The molecule has 1 amide bonds. The molecule has 3 heterocycles. The summed E-state index contributed by atoms with van der Waals surface area (Å²) in [6.07, 6.45) is 3.51. The number of carbonyl (C=O) groups is 1. The van der Waals surface area contributed by atoms with Gasteiger partial charge in [0.1, 0.15) is 11.5 Å². The molecule has 0 aliphatic carbocycles. The Labute approximate surface area is 241 Å². The number of amides is 1. The summed E-state index contributed by atoms with van der Waals surface area (Å²) in [5.41, 5.74) is 5.82. The number of nitrogens with zero attached hydrogens (tertiary/aromatic N) is 5. The number of hydrogen-bond donors (Lipinski definition) is 0. The normalized spacial score (nSPS) is 16.3. The minimum absolute atomic E-state index is 0.0800. The van der Waals surface area contributed by atoms with Crippen molar-refractivity contribution in [3.63, 3.8) is 0 Å². The lowest BCUT2D eigenvalue weighted by Crippen LogP contribution is -2.43. The first-order valence-electron chi connectivity index (χ1n) is 13.9. The van der Waals surface area contributed by atoms with Gasteiger partial charge in [-0.05, 0) is 80.1 Å². The monoisotopic (exact) mass is 557 g/mol. The van der Waals surface area contributed by atoms with Crippen molar-refractivity contribution in [2.45, 2.75) is 52.6 Å². The number of alkyl halides is 2. The van der Waals surface area contributed by atoms with Gasteiger partial charge >= 0.3 is 0 Å². The number of likely N-dealkylation sites (tertiary alicyclic amines) is 1. The van der Waals surface area contributed by atoms with Crippen LogP contribution in [0.25, 0.3) is 0 Å². The third kappa shape index (κ3) is 6.30. The quantitative estimate of drug-likeness (QED) is 0.320. The largest absolute Gasteiger partial charge is 0.356 e. The average molecular weight is 558 g/mol. The van der Waals surface area contributed by atoms with E-state index in [0.717, 1.165) is 52.6 Å². The number of rotatable bonds is 5. The molecule has 0 unspecified atom stereocenters. The van der Waals surface area contributed by atoms with Gasteiger partial charge in [-0.25, -0.2) is 9.37 Å². The van der Waals surface area contributed by atoms with Crippen molar-refractivity contribution in [3.8, 4) is 6.07 Å². The van der Waals surface area contributed by atoms with Gasteiger partial charge in [0.05, 0.1) is 24.5 Å². The first-order valence-corrected chi connectivity index (χ1v) is 13.9. The summed E-state index contributed by atoms with van der Waals surface area (Å²) < 4.78 is 25.3. The predicted molar refractivity (Wildman–Crippen MR) is 160 cm³/mol. The molecular weight excluding hydrogens is 520 g/mol. The maximum atomic E-state index is 15.8. The van der Waals surface area contributed by atoms with Crippen molar-refractivity contribution < 1.29 is 13.6 Å². The van der Waals surface area contributed by atoms with Crippen LogP contribution in [0, 0.1) is 32.1 Å². The van der Waals surface area contributed by atoms with Gasteiger partial charge in [0, 0.05) is 62.6 Å². The van der Waals surface area contributed by atoms with Crippen molar-refractivity contribution in [2.24, 2.45) is 4.99 Å². The van der Waals surface area contributed by atoms with E-state index >= 15 is 4.39 Å². The Morgan fingerprint density at radius 3 is 2.17 bits per heavy atom. The molecule has 1 aromatic heterocycles. The maximum absolute atomic E-state index is 15.8. The summed E-state index contributed by atoms with van der Waals surface area (Å²) in [6, 6.07) is 14.8. The minimum Gasteiger partial charge on any atom is -0.356 e. The SMILES string of the molecule is CC(=Nc1cc(N2CCC2)ncc1C)c1cc(C(=O)N2CCC(F)(c3ccc(C#N)cc3)CC2)c(C)cc1C.CF. The predicted octanol–water partition coefficient (Wildman–Crippen LogP) is 6.92. The van der Waals surface area contributed by atoms with Crippen LogP contribution in [0.2, 0.25) is 0 Å². The molecule has 0 saturated carbocycles. The summed E-state index contributed by atoms with van der Waals surface area (Å²) >= 11 is 0. The van der Waals surface area contributed by atoms with E-state index in [-0.39, 0.29) is 18.7 Å². The van der Waals surface area contributed by atoms with Crippen LogP contribution in [0.15, 0.2) is 53.7 Å². The molecule has 6 nitrogen and oxygen atoms in total. The summed E-state index contributed by atoms with van der Waals surface area (Å²) in [5, 5.41) is 9.03. The van der Waals surface area contributed by atoms with Gasteiger partial charge in [0.15, 0.2) is 0 Å². The summed E-state index contributed by atoms with van der Waals surface area (Å²) in [7, 11) is 0.500. The molecule has 8 heteroatoms. The van der Waals surface area contributed by atoms with Crippen molar-refractivity contribution in [3.05, 3.63) is 87.6 Å². The van der Waals surface area contributed by atoms with Gasteiger partial charge < -0.3 is 9.80 Å². The molecule has 2 fully saturated rings. The first kappa shape index (κ1) is 29.9. The van der Waals surface area contributed by atoms with Crippen LogP contribution in [0.1, 0.15) is 69.9 Å². The van der Waals surface area contributed by atoms with Gasteiger partial charge in [-0.3, -0.25) is 14.2 Å². The van der Waals surface area contributed by atoms with Crippen molar-refractivity contribution in [1.29, 1.82) is 5.26 Å². The lowest BCUT2D eigenvalue weighted by atomic mass is 9.85. The van der Waals surface area contributed by atoms with Crippen LogP contribution in [-0.4, -0.2) is 54.9 Å². The molecule has 2 aliphatic heterocycles. The van der Waals surface area contributed by atoms with E-state index in [4.69, 9.17) is 10.3 Å². The highest BCUT2D eigenvalue weighted by atomic mass is 19.1. The van der Waals surface area contributed by atoms with Gasteiger partial charge in [0.25, 0.3) is 5.91 Å². The molecule has 2 saturated heterocycles. The Balaban J connectivity index is 0.00000189. The number of nitriles is 1. The zero-order valence-electron chi connectivity index (χ0n) is 24.5. The van der Waals surface area contributed by atoms with Crippen LogP contribution in [0.3, 0.4) is 0 Å². The molecule has 0 atom stereocenters. The standard InChI is InChI=1S/C32H34FN5O.CH3F/c1-21-16-22(2)28(17-27(21)24(4)36-29-18-30(35-20-23(29)3)37-12-5-13-37)31(39)38-14-10-32(33,11-15-38)26-8-6-25(19-34)7-9-26;1-2/h6-9,16-18,20H,5,10-15H2,1-4H3;1H3. The number of carbonyl (C=O) groups excluding carboxylic acids is 1. The summed E-state index contributed by atoms with van der Waals surface area (Å²) in [6.45, 7) is 10.7. The molecular formula is C33H37F2N5O. The molecule has 0 radical (unpaired) electrons. The third-order valence-corrected chi connectivity index (χ3v) is 8.09. The summed E-state index contributed by atoms with van der Waals surface area (Å²) in [4.78, 5) is 27.1. The van der Waals surface area contributed by atoms with E-state index in [2.05, 4.69) is 16.0 Å². The van der Waals surface area contributed by atoms with E-state index in [1.54, 1.807) is 29.2 Å². The Kier molecular flexibility index (Phi) is 9.17. The fourth-order valence-corrected chi connectivity index (χ4v) is 5.42. The fraction of sp³-hybridized carbons (Fsp3) is 0.394. The lowest BCUT2D eigenvalue weighted by molar-refractivity contribution is 0.0421. The number of halogens is 2. The minimum atomic E-state index is -1.50. The van der Waals surface area contributed by atoms with E-state index in [9.17, 15) is 9.18 Å². The average Bonchev–Trinajstić information content (AvgIpc) is 2.95.